The number of nitrogens with zero attached hydrogens (tertiary/aromatic N) is 3. The van der Waals surface area contributed by atoms with Crippen LogP contribution in [0.4, 0.5) is 5.69 Å². The summed E-state index contributed by atoms with van der Waals surface area (Å²) in [5.41, 5.74) is 6.70. The van der Waals surface area contributed by atoms with E-state index in [0.29, 0.717) is 17.1 Å². The molecular weight excluding hydrogens is 192 g/mol. The zero-order valence-electron chi connectivity index (χ0n) is 7.91. The molecule has 0 bridgehead atoms. The van der Waals surface area contributed by atoms with Gasteiger partial charge in [0.05, 0.1) is 0 Å². The Kier molecular flexibility index (Phi) is 2.55. The molecule has 76 valence electrons. The van der Waals surface area contributed by atoms with E-state index >= 15 is 0 Å². The summed E-state index contributed by atoms with van der Waals surface area (Å²) < 4.78 is 0. The van der Waals surface area contributed by atoms with Gasteiger partial charge in [0.2, 0.25) is 0 Å². The molecule has 0 aliphatic heterocycles. The van der Waals surface area contributed by atoms with Crippen LogP contribution in [0.3, 0.4) is 0 Å². The first-order chi connectivity index (χ1) is 7.29. The van der Waals surface area contributed by atoms with Crippen LogP contribution in [0.15, 0.2) is 36.9 Å². The monoisotopic (exact) mass is 202 g/mol. The van der Waals surface area contributed by atoms with Gasteiger partial charge >= 0.3 is 0 Å². The molecule has 5 heteroatoms. The van der Waals surface area contributed by atoms with Gasteiger partial charge in [0.1, 0.15) is 6.10 Å². The van der Waals surface area contributed by atoms with Gasteiger partial charge in [-0.1, -0.05) is 0 Å². The quantitative estimate of drug-likeness (QED) is 0.742. The van der Waals surface area contributed by atoms with Crippen LogP contribution in [0.2, 0.25) is 0 Å². The third kappa shape index (κ3) is 1.92. The van der Waals surface area contributed by atoms with Crippen LogP contribution in [-0.4, -0.2) is 20.1 Å². The number of aliphatic hydroxyl groups is 1. The van der Waals surface area contributed by atoms with Crippen LogP contribution >= 0.6 is 0 Å². The van der Waals surface area contributed by atoms with Crippen LogP contribution in [0.5, 0.6) is 0 Å². The van der Waals surface area contributed by atoms with E-state index in [2.05, 4.69) is 15.0 Å². The van der Waals surface area contributed by atoms with E-state index < -0.39 is 6.10 Å². The lowest BCUT2D eigenvalue weighted by Gasteiger charge is -2.10. The van der Waals surface area contributed by atoms with E-state index in [9.17, 15) is 5.11 Å². The van der Waals surface area contributed by atoms with Crippen LogP contribution < -0.4 is 5.73 Å². The van der Waals surface area contributed by atoms with Crippen molar-refractivity contribution in [1.82, 2.24) is 15.0 Å². The fraction of sp³-hybridized carbons (Fsp3) is 0.100. The number of rotatable bonds is 2. The SMILES string of the molecule is Nc1ccncc1C(O)c1ncccn1. The summed E-state index contributed by atoms with van der Waals surface area (Å²) in [6.07, 6.45) is 5.28. The van der Waals surface area contributed by atoms with Gasteiger partial charge in [-0.3, -0.25) is 4.98 Å². The number of hydrogen-bond acceptors (Lipinski definition) is 5. The van der Waals surface area contributed by atoms with E-state index in [1.807, 2.05) is 0 Å². The summed E-state index contributed by atoms with van der Waals surface area (Å²) >= 11 is 0. The summed E-state index contributed by atoms with van der Waals surface area (Å²) in [7, 11) is 0. The van der Waals surface area contributed by atoms with Crippen molar-refractivity contribution < 1.29 is 5.11 Å². The first-order valence-corrected chi connectivity index (χ1v) is 4.43. The highest BCUT2D eigenvalue weighted by Gasteiger charge is 2.15. The van der Waals surface area contributed by atoms with Gasteiger partial charge in [-0.2, -0.15) is 0 Å². The first-order valence-electron chi connectivity index (χ1n) is 4.43. The highest BCUT2D eigenvalue weighted by Crippen LogP contribution is 2.22. The van der Waals surface area contributed by atoms with Crippen molar-refractivity contribution in [3.63, 3.8) is 0 Å². The highest BCUT2D eigenvalue weighted by atomic mass is 16.3. The third-order valence-corrected chi connectivity index (χ3v) is 2.01. The summed E-state index contributed by atoms with van der Waals surface area (Å²) in [5, 5.41) is 9.93. The maximum Gasteiger partial charge on any atom is 0.161 e. The molecule has 0 aliphatic rings. The van der Waals surface area contributed by atoms with Crippen molar-refractivity contribution in [2.75, 3.05) is 5.73 Å². The predicted octanol–water partition coefficient (Wildman–Crippen LogP) is 0.536. The summed E-state index contributed by atoms with van der Waals surface area (Å²) in [4.78, 5) is 11.8. The van der Waals surface area contributed by atoms with Crippen molar-refractivity contribution in [3.05, 3.63) is 48.3 Å². The number of nitrogen functional groups attached to an aromatic ring is 1. The molecule has 0 fully saturated rings. The molecule has 0 saturated carbocycles. The fourth-order valence-electron chi connectivity index (χ4n) is 1.24. The maximum atomic E-state index is 9.93. The van der Waals surface area contributed by atoms with Crippen LogP contribution in [0.25, 0.3) is 0 Å². The van der Waals surface area contributed by atoms with Gasteiger partial charge in [0.15, 0.2) is 5.82 Å². The van der Waals surface area contributed by atoms with E-state index in [1.54, 1.807) is 30.7 Å². The molecular formula is C10H10N4O. The molecule has 2 aromatic heterocycles. The Morgan fingerprint density at radius 1 is 1.20 bits per heavy atom. The molecule has 1 unspecified atom stereocenters. The predicted molar refractivity (Wildman–Crippen MR) is 54.7 cm³/mol. The Balaban J connectivity index is 2.37. The molecule has 2 rings (SSSR count). The number of aromatic nitrogens is 3. The summed E-state index contributed by atoms with van der Waals surface area (Å²) in [5.74, 6) is 0.317. The lowest BCUT2D eigenvalue weighted by Crippen LogP contribution is -2.07. The lowest BCUT2D eigenvalue weighted by molar-refractivity contribution is 0.210. The lowest BCUT2D eigenvalue weighted by atomic mass is 10.1. The number of pyridine rings is 1. The minimum absolute atomic E-state index is 0.317. The van der Waals surface area contributed by atoms with E-state index in [1.165, 1.54) is 6.20 Å². The molecule has 15 heavy (non-hydrogen) atoms. The number of nitrogens with two attached hydrogens (primary N) is 1. The molecule has 0 saturated heterocycles. The van der Waals surface area contributed by atoms with E-state index in [4.69, 9.17) is 5.73 Å². The maximum absolute atomic E-state index is 9.93. The average Bonchev–Trinajstić information content (AvgIpc) is 2.30. The minimum atomic E-state index is -0.931. The van der Waals surface area contributed by atoms with Gasteiger partial charge in [-0.25, -0.2) is 9.97 Å². The molecule has 3 N–H and O–H groups in total. The van der Waals surface area contributed by atoms with Crippen LogP contribution in [-0.2, 0) is 0 Å². The first kappa shape index (κ1) is 9.54. The molecule has 1 atom stereocenters. The Bertz CT molecular complexity index is 446. The normalized spacial score (nSPS) is 12.3. The molecule has 2 heterocycles. The Morgan fingerprint density at radius 3 is 2.60 bits per heavy atom. The zero-order valence-corrected chi connectivity index (χ0v) is 7.91. The van der Waals surface area contributed by atoms with Gasteiger partial charge < -0.3 is 10.8 Å². The molecule has 0 amide bonds. The van der Waals surface area contributed by atoms with Gasteiger partial charge in [-0.05, 0) is 12.1 Å². The van der Waals surface area contributed by atoms with Crippen LogP contribution in [0.1, 0.15) is 17.5 Å². The highest BCUT2D eigenvalue weighted by molar-refractivity contribution is 5.47. The molecule has 0 aromatic carbocycles. The molecule has 0 radical (unpaired) electrons. The Labute approximate surface area is 86.6 Å². The fourth-order valence-corrected chi connectivity index (χ4v) is 1.24. The standard InChI is InChI=1S/C10H10N4O/c11-8-2-5-12-6-7(8)9(15)10-13-3-1-4-14-10/h1-6,9,15H,(H2,11,12). The average molecular weight is 202 g/mol. The molecule has 5 nitrogen and oxygen atoms in total. The zero-order chi connectivity index (χ0) is 10.7. The number of aliphatic hydroxyl groups excluding tert-OH is 1. The molecule has 2 aromatic rings. The smallest absolute Gasteiger partial charge is 0.161 e. The largest absolute Gasteiger partial charge is 0.398 e. The summed E-state index contributed by atoms with van der Waals surface area (Å²) in [6.45, 7) is 0. The van der Waals surface area contributed by atoms with Crippen molar-refractivity contribution in [2.24, 2.45) is 0 Å². The second-order valence-electron chi connectivity index (χ2n) is 3.01. The van der Waals surface area contributed by atoms with Crippen LogP contribution in [0, 0.1) is 0 Å². The van der Waals surface area contributed by atoms with Crippen molar-refractivity contribution >= 4 is 5.69 Å². The molecule has 0 spiro atoms. The Hall–Kier alpha value is -2.01. The second-order valence-corrected chi connectivity index (χ2v) is 3.01. The van der Waals surface area contributed by atoms with Crippen molar-refractivity contribution in [2.45, 2.75) is 6.10 Å². The summed E-state index contributed by atoms with van der Waals surface area (Å²) in [6, 6.07) is 3.31. The van der Waals surface area contributed by atoms with Crippen molar-refractivity contribution in [3.8, 4) is 0 Å². The van der Waals surface area contributed by atoms with Gasteiger partial charge in [0, 0.05) is 36.0 Å². The number of anilines is 1. The van der Waals surface area contributed by atoms with Crippen molar-refractivity contribution in [1.29, 1.82) is 0 Å². The van der Waals surface area contributed by atoms with E-state index in [0.717, 1.165) is 0 Å². The Morgan fingerprint density at radius 2 is 1.93 bits per heavy atom. The third-order valence-electron chi connectivity index (χ3n) is 2.01. The minimum Gasteiger partial charge on any atom is -0.398 e. The molecule has 0 aliphatic carbocycles. The number of hydrogen-bond donors (Lipinski definition) is 2. The second kappa shape index (κ2) is 4.02. The van der Waals surface area contributed by atoms with Gasteiger partial charge in [-0.15, -0.1) is 0 Å². The van der Waals surface area contributed by atoms with Gasteiger partial charge in [0.25, 0.3) is 0 Å². The van der Waals surface area contributed by atoms with E-state index in [-0.39, 0.29) is 0 Å². The topological polar surface area (TPSA) is 84.9 Å².